The van der Waals surface area contributed by atoms with Gasteiger partial charge in [-0.1, -0.05) is 0 Å². The number of hydrogen-bond acceptors (Lipinski definition) is 4. The van der Waals surface area contributed by atoms with Crippen LogP contribution in [0.2, 0.25) is 0 Å². The predicted molar refractivity (Wildman–Crippen MR) is 76.8 cm³/mol. The molecule has 2 aliphatic rings. The van der Waals surface area contributed by atoms with Gasteiger partial charge in [0, 0.05) is 27.4 Å². The van der Waals surface area contributed by atoms with E-state index in [0.717, 1.165) is 0 Å². The third-order valence-corrected chi connectivity index (χ3v) is 3.63. The molecule has 0 atom stereocenters. The number of anilines is 1. The lowest BCUT2D eigenvalue weighted by Gasteiger charge is -2.32. The van der Waals surface area contributed by atoms with Crippen LogP contribution in [0.5, 0.6) is 0 Å². The number of rotatable bonds is 2. The van der Waals surface area contributed by atoms with E-state index in [2.05, 4.69) is 4.98 Å². The fraction of sp³-hybridized carbons (Fsp3) is 0.643. The van der Waals surface area contributed by atoms with Gasteiger partial charge in [-0.15, -0.1) is 0 Å². The van der Waals surface area contributed by atoms with Gasteiger partial charge in [-0.25, -0.2) is 0 Å². The van der Waals surface area contributed by atoms with Crippen LogP contribution < -0.4 is 10.5 Å². The second-order valence-electron chi connectivity index (χ2n) is 5.48. The van der Waals surface area contributed by atoms with Gasteiger partial charge in [0.1, 0.15) is 0 Å². The molecule has 102 valence electrons. The van der Waals surface area contributed by atoms with E-state index < -0.39 is 61.6 Å². The lowest BCUT2D eigenvalue weighted by atomic mass is 9.84. The van der Waals surface area contributed by atoms with Crippen molar-refractivity contribution in [1.82, 2.24) is 4.98 Å². The molecule has 4 nitrogen and oxygen atoms in total. The predicted octanol–water partition coefficient (Wildman–Crippen LogP) is 1.59. The lowest BCUT2D eigenvalue weighted by molar-refractivity contribution is 0.00578. The first-order valence-corrected chi connectivity index (χ1v) is 6.04. The summed E-state index contributed by atoms with van der Waals surface area (Å²) in [7, 11) is -1.11. The smallest absolute Gasteiger partial charge is 0.398 e. The van der Waals surface area contributed by atoms with E-state index in [1.807, 2.05) is 0 Å². The Balaban J connectivity index is 2.09. The summed E-state index contributed by atoms with van der Waals surface area (Å²) in [5.41, 5.74) is -2.20. The van der Waals surface area contributed by atoms with Gasteiger partial charge < -0.3 is 14.2 Å². The second-order valence-corrected chi connectivity index (χ2v) is 5.48. The highest BCUT2D eigenvalue weighted by atomic mass is 16.7. The molecule has 0 aliphatic carbocycles. The molecule has 3 rings (SSSR count). The molecule has 3 heterocycles. The fourth-order valence-electron chi connectivity index (χ4n) is 1.69. The van der Waals surface area contributed by atoms with Crippen molar-refractivity contribution in [3.8, 4) is 0 Å². The van der Waals surface area contributed by atoms with Crippen molar-refractivity contribution in [3.05, 3.63) is 18.3 Å². The van der Waals surface area contributed by atoms with Crippen molar-refractivity contribution >= 4 is 18.4 Å². The molecule has 1 aromatic rings. The largest absolute Gasteiger partial charge is 0.514 e. The Morgan fingerprint density at radius 1 is 1.26 bits per heavy atom. The zero-order valence-corrected chi connectivity index (χ0v) is 11.3. The van der Waals surface area contributed by atoms with Crippen molar-refractivity contribution in [2.75, 3.05) is 17.9 Å². The molecular formula is C14H21BN2O2. The molecule has 2 fully saturated rings. The van der Waals surface area contributed by atoms with Crippen molar-refractivity contribution in [3.63, 3.8) is 0 Å². The van der Waals surface area contributed by atoms with Crippen LogP contribution in [-0.4, -0.2) is 36.3 Å². The second kappa shape index (κ2) is 4.22. The van der Waals surface area contributed by atoms with Gasteiger partial charge in [0.05, 0.1) is 26.6 Å². The average molecular weight is 269 g/mol. The molecule has 0 bridgehead atoms. The minimum Gasteiger partial charge on any atom is -0.398 e. The topological polar surface area (TPSA) is 34.6 Å². The summed E-state index contributed by atoms with van der Waals surface area (Å²) >= 11 is 0. The molecule has 0 radical (unpaired) electrons. The van der Waals surface area contributed by atoms with Gasteiger partial charge in [0.15, 0.2) is 0 Å². The van der Waals surface area contributed by atoms with E-state index in [1.54, 1.807) is 27.7 Å². The third kappa shape index (κ3) is 2.15. The summed E-state index contributed by atoms with van der Waals surface area (Å²) in [6.07, 6.45) is -3.53. The van der Waals surface area contributed by atoms with Crippen molar-refractivity contribution < 1.29 is 21.6 Å². The summed E-state index contributed by atoms with van der Waals surface area (Å²) in [4.78, 5) is 4.30. The maximum absolute atomic E-state index is 8.25. The Bertz CT molecular complexity index is 813. The molecule has 0 saturated carbocycles. The normalized spacial score (nSPS) is 39.3. The van der Waals surface area contributed by atoms with E-state index in [-0.39, 0.29) is 5.59 Å². The molecular weight excluding hydrogens is 239 g/mol. The van der Waals surface area contributed by atoms with Crippen molar-refractivity contribution in [2.45, 2.75) is 45.3 Å². The Kier molecular flexibility index (Phi) is 1.36. The van der Waals surface area contributed by atoms with Crippen LogP contribution in [-0.2, 0) is 9.31 Å². The molecule has 0 unspecified atom stereocenters. The summed E-state index contributed by atoms with van der Waals surface area (Å²) in [6, 6.07) is -1.14. The Morgan fingerprint density at radius 3 is 2.53 bits per heavy atom. The Labute approximate surface area is 127 Å². The highest BCUT2D eigenvalue weighted by molar-refractivity contribution is 6.61. The number of hydrogen-bond donors (Lipinski definition) is 0. The Morgan fingerprint density at radius 2 is 1.89 bits per heavy atom. The van der Waals surface area contributed by atoms with Crippen LogP contribution in [0.15, 0.2) is 18.3 Å². The molecule has 0 N–H and O–H groups in total. The SMILES string of the molecule is [2H]c1nc(B2OC(C)(C)C(C)(C)O2)c([2H])c([2H])c1N1C([2H])([2H])C([2H])([2H])C1([2H])[2H]. The fourth-order valence-corrected chi connectivity index (χ4v) is 1.69. The van der Waals surface area contributed by atoms with E-state index >= 15 is 0 Å². The van der Waals surface area contributed by atoms with Gasteiger partial charge in [0.2, 0.25) is 0 Å². The molecule has 1 aromatic heterocycles. The summed E-state index contributed by atoms with van der Waals surface area (Å²) in [5.74, 6) is 0. The summed E-state index contributed by atoms with van der Waals surface area (Å²) in [6.45, 7) is 1.53. The Hall–Kier alpha value is -1.07. The molecule has 5 heteroatoms. The minimum atomic E-state index is -2.87. The number of aromatic nitrogens is 1. The van der Waals surface area contributed by atoms with Crippen molar-refractivity contribution in [1.29, 1.82) is 0 Å². The number of nitrogens with zero attached hydrogens (tertiary/aromatic N) is 2. The summed E-state index contributed by atoms with van der Waals surface area (Å²) < 4.78 is 83.1. The maximum Gasteiger partial charge on any atom is 0.514 e. The van der Waals surface area contributed by atoms with Gasteiger partial charge in [-0.2, -0.15) is 0 Å². The van der Waals surface area contributed by atoms with Crippen LogP contribution in [0.4, 0.5) is 5.69 Å². The van der Waals surface area contributed by atoms with Crippen LogP contribution >= 0.6 is 0 Å². The first kappa shape index (κ1) is 6.14. The van der Waals surface area contributed by atoms with Gasteiger partial charge in [-0.3, -0.25) is 4.98 Å². The monoisotopic (exact) mass is 269 g/mol. The molecule has 0 amide bonds. The van der Waals surface area contributed by atoms with Crippen LogP contribution in [0, 0.1) is 0 Å². The third-order valence-electron chi connectivity index (χ3n) is 3.63. The van der Waals surface area contributed by atoms with E-state index in [1.165, 1.54) is 0 Å². The standard InChI is InChI=1S/C14H21BN2O2/c1-13(2)14(3,4)19-15(18-13)12-7-6-11(10-16-12)17-8-5-9-17/h6-7,10H,5,8-9H2,1-4H3/i5D2,6D,7D,8D2,9D2,10D. The number of pyridine rings is 1. The lowest BCUT2D eigenvalue weighted by Crippen LogP contribution is -2.41. The highest BCUT2D eigenvalue weighted by Crippen LogP contribution is 2.36. The highest BCUT2D eigenvalue weighted by Gasteiger charge is 2.52. The molecule has 2 saturated heterocycles. The van der Waals surface area contributed by atoms with Crippen LogP contribution in [0.1, 0.15) is 46.4 Å². The molecule has 0 aromatic carbocycles. The maximum atomic E-state index is 8.25. The van der Waals surface area contributed by atoms with Crippen LogP contribution in [0.25, 0.3) is 0 Å². The zero-order chi connectivity index (χ0) is 21.7. The minimum absolute atomic E-state index is 0.137. The quantitative estimate of drug-likeness (QED) is 0.764. The average Bonchev–Trinajstić information content (AvgIpc) is 2.74. The first-order chi connectivity index (χ1) is 12.4. The van der Waals surface area contributed by atoms with Gasteiger partial charge in [-0.05, 0) is 46.2 Å². The molecule has 0 spiro atoms. The molecule has 19 heavy (non-hydrogen) atoms. The molecule has 2 aliphatic heterocycles. The van der Waals surface area contributed by atoms with Gasteiger partial charge in [0.25, 0.3) is 0 Å². The summed E-state index contributed by atoms with van der Waals surface area (Å²) in [5, 5.41) is 0. The zero-order valence-electron chi connectivity index (χ0n) is 20.3. The van der Waals surface area contributed by atoms with E-state index in [4.69, 9.17) is 21.6 Å². The van der Waals surface area contributed by atoms with Crippen molar-refractivity contribution in [2.24, 2.45) is 0 Å². The first-order valence-electron chi connectivity index (χ1n) is 10.5. The van der Waals surface area contributed by atoms with E-state index in [9.17, 15) is 0 Å². The van der Waals surface area contributed by atoms with E-state index in [0.29, 0.717) is 4.90 Å². The van der Waals surface area contributed by atoms with Crippen LogP contribution in [0.3, 0.4) is 0 Å². The van der Waals surface area contributed by atoms with Gasteiger partial charge >= 0.3 is 7.12 Å².